The average molecular weight is 299 g/mol. The molecule has 0 saturated heterocycles. The number of fused-ring (bicyclic) bond motifs is 1. The number of rotatable bonds is 4. The fourth-order valence-electron chi connectivity index (χ4n) is 2.22. The van der Waals surface area contributed by atoms with Gasteiger partial charge in [-0.25, -0.2) is 4.98 Å². The zero-order valence-electron chi connectivity index (χ0n) is 11.4. The van der Waals surface area contributed by atoms with Crippen LogP contribution in [0.15, 0.2) is 54.7 Å². The number of nitrogens with zero attached hydrogens (tertiary/aromatic N) is 1. The summed E-state index contributed by atoms with van der Waals surface area (Å²) in [5.41, 5.74) is 6.63. The van der Waals surface area contributed by atoms with Crippen LogP contribution in [-0.2, 0) is 6.42 Å². The molecule has 0 bridgehead atoms. The Morgan fingerprint density at radius 3 is 2.52 bits per heavy atom. The van der Waals surface area contributed by atoms with Crippen molar-refractivity contribution in [1.82, 2.24) is 4.98 Å². The molecule has 4 heteroatoms. The van der Waals surface area contributed by atoms with Crippen molar-refractivity contribution in [2.75, 3.05) is 6.54 Å². The third kappa shape index (κ3) is 2.99. The lowest BCUT2D eigenvalue weighted by atomic mass is 10.1. The first kappa shape index (κ1) is 13.9. The normalized spacial score (nSPS) is 10.8. The first-order valence-corrected chi connectivity index (χ1v) is 7.16. The number of hydrogen-bond acceptors (Lipinski definition) is 3. The van der Waals surface area contributed by atoms with E-state index in [1.807, 2.05) is 48.5 Å². The van der Waals surface area contributed by atoms with Gasteiger partial charge in [-0.15, -0.1) is 0 Å². The van der Waals surface area contributed by atoms with E-state index >= 15 is 0 Å². The molecule has 106 valence electrons. The fraction of sp³-hybridized carbons (Fsp3) is 0.118. The molecular formula is C17H15ClN2O. The van der Waals surface area contributed by atoms with E-state index in [2.05, 4.69) is 4.98 Å². The standard InChI is InChI=1S/C17H15ClN2O/c18-15-6-7-16(14-4-2-1-3-13(14)15)21-17-8-5-12(9-10-19)11-20-17/h1-8,11H,9-10,19H2. The van der Waals surface area contributed by atoms with Crippen LogP contribution in [0.2, 0.25) is 5.02 Å². The van der Waals surface area contributed by atoms with Crippen molar-refractivity contribution in [3.8, 4) is 11.6 Å². The number of aromatic nitrogens is 1. The molecule has 1 aromatic heterocycles. The summed E-state index contributed by atoms with van der Waals surface area (Å²) in [5, 5.41) is 2.65. The van der Waals surface area contributed by atoms with Crippen LogP contribution in [0.1, 0.15) is 5.56 Å². The van der Waals surface area contributed by atoms with Gasteiger partial charge in [-0.2, -0.15) is 0 Å². The van der Waals surface area contributed by atoms with E-state index in [9.17, 15) is 0 Å². The van der Waals surface area contributed by atoms with Crippen molar-refractivity contribution in [1.29, 1.82) is 0 Å². The predicted molar refractivity (Wildman–Crippen MR) is 86.0 cm³/mol. The van der Waals surface area contributed by atoms with Crippen LogP contribution in [0.4, 0.5) is 0 Å². The van der Waals surface area contributed by atoms with Crippen molar-refractivity contribution in [3.05, 3.63) is 65.3 Å². The van der Waals surface area contributed by atoms with Crippen LogP contribution in [0.25, 0.3) is 10.8 Å². The molecule has 0 aliphatic heterocycles. The van der Waals surface area contributed by atoms with Crippen molar-refractivity contribution in [3.63, 3.8) is 0 Å². The second-order valence-electron chi connectivity index (χ2n) is 4.74. The number of halogens is 1. The van der Waals surface area contributed by atoms with Gasteiger partial charge in [-0.3, -0.25) is 0 Å². The van der Waals surface area contributed by atoms with Gasteiger partial charge in [-0.1, -0.05) is 41.9 Å². The maximum Gasteiger partial charge on any atom is 0.219 e. The molecule has 1 heterocycles. The van der Waals surface area contributed by atoms with E-state index in [1.165, 1.54) is 0 Å². The van der Waals surface area contributed by atoms with Crippen molar-refractivity contribution in [2.24, 2.45) is 5.73 Å². The van der Waals surface area contributed by atoms with Gasteiger partial charge in [0.25, 0.3) is 0 Å². The van der Waals surface area contributed by atoms with E-state index in [0.29, 0.717) is 17.4 Å². The molecule has 3 rings (SSSR count). The fourth-order valence-corrected chi connectivity index (χ4v) is 2.45. The van der Waals surface area contributed by atoms with E-state index < -0.39 is 0 Å². The summed E-state index contributed by atoms with van der Waals surface area (Å²) >= 11 is 6.20. The summed E-state index contributed by atoms with van der Waals surface area (Å²) in [4.78, 5) is 4.31. The van der Waals surface area contributed by atoms with Gasteiger partial charge in [0.05, 0.1) is 0 Å². The molecule has 21 heavy (non-hydrogen) atoms. The van der Waals surface area contributed by atoms with Gasteiger partial charge in [-0.05, 0) is 30.7 Å². The number of nitrogens with two attached hydrogens (primary N) is 1. The third-order valence-electron chi connectivity index (χ3n) is 3.28. The van der Waals surface area contributed by atoms with E-state index in [-0.39, 0.29) is 0 Å². The van der Waals surface area contributed by atoms with Crippen molar-refractivity contribution < 1.29 is 4.74 Å². The second kappa shape index (κ2) is 6.12. The molecule has 2 N–H and O–H groups in total. The maximum atomic E-state index is 6.20. The SMILES string of the molecule is NCCc1ccc(Oc2ccc(Cl)c3ccccc23)nc1. The number of benzene rings is 2. The zero-order valence-corrected chi connectivity index (χ0v) is 12.2. The predicted octanol–water partition coefficient (Wildman–Crippen LogP) is 4.18. The Balaban J connectivity index is 1.93. The summed E-state index contributed by atoms with van der Waals surface area (Å²) in [5.74, 6) is 1.30. The van der Waals surface area contributed by atoms with Crippen LogP contribution < -0.4 is 10.5 Å². The first-order chi connectivity index (χ1) is 10.3. The molecule has 0 unspecified atom stereocenters. The molecule has 0 radical (unpaired) electrons. The topological polar surface area (TPSA) is 48.1 Å². The zero-order chi connectivity index (χ0) is 14.7. The number of pyridine rings is 1. The molecule has 2 aromatic carbocycles. The van der Waals surface area contributed by atoms with Crippen LogP contribution in [0.5, 0.6) is 11.6 Å². The van der Waals surface area contributed by atoms with Crippen molar-refractivity contribution >= 4 is 22.4 Å². The smallest absolute Gasteiger partial charge is 0.219 e. The summed E-state index contributed by atoms with van der Waals surface area (Å²) in [6, 6.07) is 15.4. The minimum Gasteiger partial charge on any atom is -0.438 e. The Morgan fingerprint density at radius 2 is 1.81 bits per heavy atom. The highest BCUT2D eigenvalue weighted by Gasteiger charge is 2.07. The molecule has 0 saturated carbocycles. The number of ether oxygens (including phenoxy) is 1. The highest BCUT2D eigenvalue weighted by molar-refractivity contribution is 6.35. The van der Waals surface area contributed by atoms with Crippen LogP contribution in [-0.4, -0.2) is 11.5 Å². The molecule has 0 amide bonds. The highest BCUT2D eigenvalue weighted by atomic mass is 35.5. The molecule has 0 aliphatic carbocycles. The minimum atomic E-state index is 0.559. The van der Waals surface area contributed by atoms with Gasteiger partial charge in [0, 0.05) is 28.1 Å². The van der Waals surface area contributed by atoms with E-state index in [1.54, 1.807) is 6.20 Å². The molecule has 0 aliphatic rings. The minimum absolute atomic E-state index is 0.559. The lowest BCUT2D eigenvalue weighted by Gasteiger charge is -2.09. The summed E-state index contributed by atoms with van der Waals surface area (Å²) in [6.07, 6.45) is 2.61. The lowest BCUT2D eigenvalue weighted by molar-refractivity contribution is 0.468. The molecular weight excluding hydrogens is 284 g/mol. The average Bonchev–Trinajstić information content (AvgIpc) is 2.52. The van der Waals surface area contributed by atoms with Gasteiger partial charge in [0.15, 0.2) is 0 Å². The molecule has 0 fully saturated rings. The highest BCUT2D eigenvalue weighted by Crippen LogP contribution is 2.33. The number of hydrogen-bond donors (Lipinski definition) is 1. The Kier molecular flexibility index (Phi) is 4.04. The van der Waals surface area contributed by atoms with Crippen LogP contribution in [0, 0.1) is 0 Å². The monoisotopic (exact) mass is 298 g/mol. The van der Waals surface area contributed by atoms with Crippen LogP contribution >= 0.6 is 11.6 Å². The molecule has 0 spiro atoms. The van der Waals surface area contributed by atoms with Gasteiger partial charge >= 0.3 is 0 Å². The quantitative estimate of drug-likeness (QED) is 0.786. The first-order valence-electron chi connectivity index (χ1n) is 6.78. The van der Waals surface area contributed by atoms with Crippen molar-refractivity contribution in [2.45, 2.75) is 6.42 Å². The lowest BCUT2D eigenvalue weighted by Crippen LogP contribution is -2.02. The summed E-state index contributed by atoms with van der Waals surface area (Å²) in [7, 11) is 0. The van der Waals surface area contributed by atoms with E-state index in [4.69, 9.17) is 22.1 Å². The maximum absolute atomic E-state index is 6.20. The second-order valence-corrected chi connectivity index (χ2v) is 5.14. The summed E-state index contributed by atoms with van der Waals surface area (Å²) < 4.78 is 5.88. The largest absolute Gasteiger partial charge is 0.438 e. The van der Waals surface area contributed by atoms with Crippen LogP contribution in [0.3, 0.4) is 0 Å². The molecule has 3 nitrogen and oxygen atoms in total. The molecule has 3 aromatic rings. The Labute approximate surface area is 128 Å². The van der Waals surface area contributed by atoms with Gasteiger partial charge in [0.1, 0.15) is 5.75 Å². The summed E-state index contributed by atoms with van der Waals surface area (Å²) in [6.45, 7) is 0.615. The van der Waals surface area contributed by atoms with E-state index in [0.717, 1.165) is 28.5 Å². The third-order valence-corrected chi connectivity index (χ3v) is 3.61. The van der Waals surface area contributed by atoms with Gasteiger partial charge < -0.3 is 10.5 Å². The Hall–Kier alpha value is -2.10. The Morgan fingerprint density at radius 1 is 1.00 bits per heavy atom. The Bertz CT molecular complexity index is 756. The van der Waals surface area contributed by atoms with Gasteiger partial charge in [0.2, 0.25) is 5.88 Å². The molecule has 0 atom stereocenters.